The van der Waals surface area contributed by atoms with Gasteiger partial charge in [0, 0.05) is 37.6 Å². The molecule has 0 amide bonds. The lowest BCUT2D eigenvalue weighted by atomic mass is 10.3. The molecule has 138 valence electrons. The van der Waals surface area contributed by atoms with Gasteiger partial charge < -0.3 is 4.57 Å². The minimum Gasteiger partial charge on any atom is -0.339 e. The van der Waals surface area contributed by atoms with Crippen LogP contribution in [0.15, 0.2) is 34.4 Å². The van der Waals surface area contributed by atoms with Crippen LogP contribution in [0.4, 0.5) is 5.82 Å². The van der Waals surface area contributed by atoms with Gasteiger partial charge in [-0.2, -0.15) is 14.7 Å². The molecule has 0 bridgehead atoms. The first kappa shape index (κ1) is 19.6. The van der Waals surface area contributed by atoms with E-state index in [9.17, 15) is 8.42 Å². The number of hydrogen-bond acceptors (Lipinski definition) is 6. The summed E-state index contributed by atoms with van der Waals surface area (Å²) < 4.78 is 28.0. The van der Waals surface area contributed by atoms with Gasteiger partial charge in [0.05, 0.1) is 6.21 Å². The van der Waals surface area contributed by atoms with Gasteiger partial charge >= 0.3 is 0 Å². The van der Waals surface area contributed by atoms with Gasteiger partial charge in [-0.1, -0.05) is 13.8 Å². The number of hydrogen-bond donors (Lipinski definition) is 1. The summed E-state index contributed by atoms with van der Waals surface area (Å²) in [5, 5.41) is 13.1. The first-order chi connectivity index (χ1) is 12.3. The van der Waals surface area contributed by atoms with Crippen molar-refractivity contribution in [1.29, 1.82) is 5.26 Å². The summed E-state index contributed by atoms with van der Waals surface area (Å²) >= 11 is 0. The van der Waals surface area contributed by atoms with Crippen LogP contribution >= 0.6 is 0 Å². The quantitative estimate of drug-likeness (QED) is 0.590. The number of hydrazone groups is 1. The maximum absolute atomic E-state index is 12.4. The second-order valence-corrected chi connectivity index (χ2v) is 7.52. The van der Waals surface area contributed by atoms with Gasteiger partial charge in [-0.05, 0) is 25.1 Å². The van der Waals surface area contributed by atoms with E-state index in [-0.39, 0.29) is 4.90 Å². The molecular formula is C17H22N6O2S. The molecule has 0 unspecified atom stereocenters. The lowest BCUT2D eigenvalue weighted by molar-refractivity contribution is 0.445. The minimum atomic E-state index is -3.52. The summed E-state index contributed by atoms with van der Waals surface area (Å²) in [5.41, 5.74) is 5.04. The number of nitrogens with zero attached hydrogens (tertiary/aromatic N) is 5. The van der Waals surface area contributed by atoms with Crippen molar-refractivity contribution in [2.45, 2.75) is 25.7 Å². The maximum Gasteiger partial charge on any atom is 0.244 e. The van der Waals surface area contributed by atoms with Crippen LogP contribution < -0.4 is 5.43 Å². The van der Waals surface area contributed by atoms with Gasteiger partial charge in [-0.15, -0.1) is 0 Å². The van der Waals surface area contributed by atoms with Gasteiger partial charge in [0.1, 0.15) is 22.5 Å². The Hall–Kier alpha value is -2.70. The standard InChI is InChI=1S/C17H22N6O2S/c1-5-23(6-2)26(24,25)16-7-8-17(19-12-16)21-20-11-14-9-15(10-18)22(4)13(14)3/h7-9,11-12H,5-6H2,1-4H3,(H,19,21). The molecule has 2 aromatic heterocycles. The predicted molar refractivity (Wildman–Crippen MR) is 100 cm³/mol. The molecule has 0 radical (unpaired) electrons. The second kappa shape index (κ2) is 8.12. The lowest BCUT2D eigenvalue weighted by Gasteiger charge is -2.18. The SMILES string of the molecule is CCN(CC)S(=O)(=O)c1ccc(NN=Cc2cc(C#N)n(C)c2C)nc1. The van der Waals surface area contributed by atoms with Crippen LogP contribution in [-0.2, 0) is 17.1 Å². The van der Waals surface area contributed by atoms with Crippen molar-refractivity contribution >= 4 is 22.1 Å². The van der Waals surface area contributed by atoms with Crippen LogP contribution in [0.1, 0.15) is 30.8 Å². The highest BCUT2D eigenvalue weighted by molar-refractivity contribution is 7.89. The van der Waals surface area contributed by atoms with E-state index in [2.05, 4.69) is 21.6 Å². The summed E-state index contributed by atoms with van der Waals surface area (Å²) in [4.78, 5) is 4.25. The van der Waals surface area contributed by atoms with Crippen LogP contribution in [0.5, 0.6) is 0 Å². The molecule has 1 N–H and O–H groups in total. The van der Waals surface area contributed by atoms with Crippen LogP contribution in [0.2, 0.25) is 0 Å². The Kier molecular flexibility index (Phi) is 6.13. The Bertz CT molecular complexity index is 935. The third-order valence-electron chi connectivity index (χ3n) is 4.15. The molecule has 9 heteroatoms. The van der Waals surface area contributed by atoms with Crippen molar-refractivity contribution in [3.63, 3.8) is 0 Å². The zero-order valence-electron chi connectivity index (χ0n) is 15.3. The molecule has 2 aromatic rings. The molecule has 2 rings (SSSR count). The van der Waals surface area contributed by atoms with Crippen LogP contribution in [-0.4, -0.2) is 41.6 Å². The van der Waals surface area contributed by atoms with Gasteiger partial charge in [0.15, 0.2) is 0 Å². The third kappa shape index (κ3) is 3.92. The summed E-state index contributed by atoms with van der Waals surface area (Å²) in [6.07, 6.45) is 2.91. The number of nitriles is 1. The minimum absolute atomic E-state index is 0.147. The van der Waals surface area contributed by atoms with Crippen molar-refractivity contribution in [2.24, 2.45) is 12.1 Å². The number of pyridine rings is 1. The Morgan fingerprint density at radius 1 is 1.38 bits per heavy atom. The second-order valence-electron chi connectivity index (χ2n) is 5.58. The van der Waals surface area contributed by atoms with E-state index in [1.165, 1.54) is 16.6 Å². The Balaban J connectivity index is 2.12. The van der Waals surface area contributed by atoms with E-state index >= 15 is 0 Å². The third-order valence-corrected chi connectivity index (χ3v) is 6.18. The van der Waals surface area contributed by atoms with E-state index < -0.39 is 10.0 Å². The number of aromatic nitrogens is 2. The van der Waals surface area contributed by atoms with Gasteiger partial charge in [0.25, 0.3) is 0 Å². The molecule has 2 heterocycles. The number of rotatable bonds is 7. The highest BCUT2D eigenvalue weighted by Crippen LogP contribution is 2.16. The number of anilines is 1. The van der Waals surface area contributed by atoms with Crippen LogP contribution in [0, 0.1) is 18.3 Å². The zero-order chi connectivity index (χ0) is 19.3. The molecule has 8 nitrogen and oxygen atoms in total. The molecule has 0 saturated carbocycles. The molecular weight excluding hydrogens is 352 g/mol. The van der Waals surface area contributed by atoms with E-state index in [0.717, 1.165) is 11.3 Å². The van der Waals surface area contributed by atoms with E-state index in [1.54, 1.807) is 36.8 Å². The Labute approximate surface area is 153 Å². The molecule has 0 saturated heterocycles. The van der Waals surface area contributed by atoms with E-state index in [1.807, 2.05) is 14.0 Å². The Morgan fingerprint density at radius 2 is 2.08 bits per heavy atom. The molecule has 0 spiro atoms. The average molecular weight is 374 g/mol. The summed E-state index contributed by atoms with van der Waals surface area (Å²) in [5.74, 6) is 0.425. The molecule has 0 atom stereocenters. The molecule has 0 aliphatic carbocycles. The van der Waals surface area contributed by atoms with Crippen molar-refractivity contribution in [2.75, 3.05) is 18.5 Å². The fraction of sp³-hybridized carbons (Fsp3) is 0.353. The van der Waals surface area contributed by atoms with Gasteiger partial charge in [0.2, 0.25) is 10.0 Å². The van der Waals surface area contributed by atoms with E-state index in [4.69, 9.17) is 5.26 Å². The average Bonchev–Trinajstić information content (AvgIpc) is 2.91. The van der Waals surface area contributed by atoms with E-state index in [0.29, 0.717) is 24.6 Å². The van der Waals surface area contributed by atoms with Crippen molar-refractivity contribution in [1.82, 2.24) is 13.9 Å². The first-order valence-electron chi connectivity index (χ1n) is 8.16. The maximum atomic E-state index is 12.4. The zero-order valence-corrected chi connectivity index (χ0v) is 16.1. The fourth-order valence-electron chi connectivity index (χ4n) is 2.44. The van der Waals surface area contributed by atoms with Crippen molar-refractivity contribution in [3.05, 3.63) is 41.3 Å². The predicted octanol–water partition coefficient (Wildman–Crippen LogP) is 2.08. The number of sulfonamides is 1. The largest absolute Gasteiger partial charge is 0.339 e. The molecule has 0 aliphatic rings. The molecule has 0 aromatic carbocycles. The van der Waals surface area contributed by atoms with Gasteiger partial charge in [-0.3, -0.25) is 5.43 Å². The molecule has 26 heavy (non-hydrogen) atoms. The number of nitrogens with one attached hydrogen (secondary N) is 1. The summed E-state index contributed by atoms with van der Waals surface area (Å²) in [6, 6.07) is 6.92. The first-order valence-corrected chi connectivity index (χ1v) is 9.60. The van der Waals surface area contributed by atoms with Crippen LogP contribution in [0.25, 0.3) is 0 Å². The fourth-order valence-corrected chi connectivity index (χ4v) is 3.84. The van der Waals surface area contributed by atoms with Gasteiger partial charge in [-0.25, -0.2) is 13.4 Å². The van der Waals surface area contributed by atoms with Crippen molar-refractivity contribution in [3.8, 4) is 6.07 Å². The monoisotopic (exact) mass is 374 g/mol. The molecule has 0 aliphatic heterocycles. The van der Waals surface area contributed by atoms with Crippen LogP contribution in [0.3, 0.4) is 0 Å². The normalized spacial score (nSPS) is 11.8. The topological polar surface area (TPSA) is 103 Å². The smallest absolute Gasteiger partial charge is 0.244 e. The summed E-state index contributed by atoms with van der Waals surface area (Å²) in [7, 11) is -1.71. The van der Waals surface area contributed by atoms with Crippen molar-refractivity contribution < 1.29 is 8.42 Å². The highest BCUT2D eigenvalue weighted by atomic mass is 32.2. The lowest BCUT2D eigenvalue weighted by Crippen LogP contribution is -2.30. The Morgan fingerprint density at radius 3 is 2.58 bits per heavy atom. The highest BCUT2D eigenvalue weighted by Gasteiger charge is 2.21. The molecule has 0 fully saturated rings. The summed E-state index contributed by atoms with van der Waals surface area (Å²) in [6.45, 7) is 6.30.